The Balaban J connectivity index is 2.73. The molecule has 2 nitrogen and oxygen atoms in total. The number of Topliss-reactive ketones (excluding diaryl/α,β-unsaturated/α-hetero) is 2. The van der Waals surface area contributed by atoms with Crippen molar-refractivity contribution < 1.29 is 62.3 Å². The topological polar surface area (TPSA) is 34.1 Å². The zero-order valence-electron chi connectivity index (χ0n) is 12.9. The fourth-order valence-electron chi connectivity index (χ4n) is 2.03. The average Bonchev–Trinajstić information content (AvgIpc) is 2.67. The van der Waals surface area contributed by atoms with Crippen LogP contribution in [0.25, 0.3) is 0 Å². The van der Waals surface area contributed by atoms with Gasteiger partial charge < -0.3 is 0 Å². The van der Waals surface area contributed by atoms with Crippen molar-refractivity contribution in [2.24, 2.45) is 0 Å². The van der Waals surface area contributed by atoms with Gasteiger partial charge in [-0.3, -0.25) is 9.59 Å². The third-order valence-electron chi connectivity index (χ3n) is 3.44. The number of carbonyl (C=O) groups excluding carboxylic acids is 2. The molecular formula is C15F12O2. The predicted molar refractivity (Wildman–Crippen MR) is 66.1 cm³/mol. The molecule has 0 aromatic heterocycles. The van der Waals surface area contributed by atoms with E-state index in [4.69, 9.17) is 0 Å². The molecule has 0 bridgehead atoms. The lowest BCUT2D eigenvalue weighted by molar-refractivity contribution is 0.0133. The van der Waals surface area contributed by atoms with Crippen molar-refractivity contribution in [1.29, 1.82) is 0 Å². The number of hydrogen-bond donors (Lipinski definition) is 0. The van der Waals surface area contributed by atoms with Gasteiger partial charge >= 0.3 is 5.92 Å². The highest BCUT2D eigenvalue weighted by atomic mass is 19.3. The van der Waals surface area contributed by atoms with Gasteiger partial charge in [-0.1, -0.05) is 0 Å². The van der Waals surface area contributed by atoms with Crippen LogP contribution in [0.2, 0.25) is 0 Å². The Kier molecular flexibility index (Phi) is 5.43. The van der Waals surface area contributed by atoms with Crippen LogP contribution in [0.15, 0.2) is 0 Å². The van der Waals surface area contributed by atoms with E-state index in [0.717, 1.165) is 0 Å². The number of alkyl halides is 2. The van der Waals surface area contributed by atoms with Crippen molar-refractivity contribution in [3.8, 4) is 0 Å². The fraction of sp³-hybridized carbons (Fsp3) is 0.0667. The fourth-order valence-corrected chi connectivity index (χ4v) is 2.03. The van der Waals surface area contributed by atoms with Gasteiger partial charge in [0, 0.05) is 0 Å². The maximum atomic E-state index is 14.0. The molecule has 29 heavy (non-hydrogen) atoms. The second-order valence-electron chi connectivity index (χ2n) is 5.12. The Morgan fingerprint density at radius 3 is 0.793 bits per heavy atom. The van der Waals surface area contributed by atoms with Crippen LogP contribution in [0.5, 0.6) is 0 Å². The molecule has 0 aliphatic heterocycles. The van der Waals surface area contributed by atoms with Crippen molar-refractivity contribution in [3.63, 3.8) is 0 Å². The molecule has 0 amide bonds. The molecule has 0 unspecified atom stereocenters. The Morgan fingerprint density at radius 1 is 0.414 bits per heavy atom. The SMILES string of the molecule is O=C(c1c(F)c(F)c(F)c(F)c1F)C(F)(F)C(=O)c1c(F)c(F)c(F)c(F)c1F. The van der Waals surface area contributed by atoms with Gasteiger partial charge in [-0.05, 0) is 0 Å². The first-order valence-electron chi connectivity index (χ1n) is 6.68. The lowest BCUT2D eigenvalue weighted by atomic mass is 9.95. The standard InChI is InChI=1S/C15F12O2/c16-3-1(4(17)8(21)11(24)7(3)20)13(28)15(26,27)14(29)2-5(18)9(22)12(25)10(23)6(2)19. The molecule has 0 heterocycles. The van der Waals surface area contributed by atoms with E-state index >= 15 is 0 Å². The number of rotatable bonds is 4. The van der Waals surface area contributed by atoms with E-state index in [-0.39, 0.29) is 0 Å². The number of hydrogen-bond acceptors (Lipinski definition) is 2. The van der Waals surface area contributed by atoms with Crippen LogP contribution in [-0.4, -0.2) is 17.5 Å². The van der Waals surface area contributed by atoms with Crippen LogP contribution in [0.3, 0.4) is 0 Å². The Labute approximate surface area is 150 Å². The highest BCUT2D eigenvalue weighted by Crippen LogP contribution is 2.33. The molecular weight excluding hydrogens is 440 g/mol. The smallest absolute Gasteiger partial charge is 0.287 e. The van der Waals surface area contributed by atoms with E-state index in [1.165, 1.54) is 0 Å². The number of benzene rings is 2. The average molecular weight is 440 g/mol. The molecule has 0 spiro atoms. The van der Waals surface area contributed by atoms with E-state index in [0.29, 0.717) is 0 Å². The largest absolute Gasteiger partial charge is 0.371 e. The molecule has 0 aliphatic carbocycles. The van der Waals surface area contributed by atoms with Crippen LogP contribution >= 0.6 is 0 Å². The minimum absolute atomic E-state index is 2.87. The molecule has 0 aliphatic rings. The zero-order chi connectivity index (χ0) is 22.6. The van der Waals surface area contributed by atoms with Gasteiger partial charge in [0.05, 0.1) is 0 Å². The molecule has 0 saturated carbocycles. The zero-order valence-corrected chi connectivity index (χ0v) is 12.9. The first-order chi connectivity index (χ1) is 13.2. The van der Waals surface area contributed by atoms with Crippen LogP contribution < -0.4 is 0 Å². The van der Waals surface area contributed by atoms with Gasteiger partial charge in [0.2, 0.25) is 23.2 Å². The Hall–Kier alpha value is -3.06. The summed E-state index contributed by atoms with van der Waals surface area (Å²) in [4.78, 5) is 23.2. The van der Waals surface area contributed by atoms with Crippen LogP contribution in [-0.2, 0) is 0 Å². The highest BCUT2D eigenvalue weighted by molar-refractivity contribution is 6.21. The summed E-state index contributed by atoms with van der Waals surface area (Å²) >= 11 is 0. The Bertz CT molecular complexity index is 934. The predicted octanol–water partition coefficient (Wildman–Crippen LogP) is 4.78. The molecule has 0 radical (unpaired) electrons. The molecule has 0 saturated heterocycles. The van der Waals surface area contributed by atoms with Gasteiger partial charge in [0.15, 0.2) is 46.5 Å². The second-order valence-corrected chi connectivity index (χ2v) is 5.12. The molecule has 0 atom stereocenters. The lowest BCUT2D eigenvalue weighted by Crippen LogP contribution is -2.40. The molecule has 14 heteroatoms. The highest BCUT2D eigenvalue weighted by Gasteiger charge is 2.53. The maximum absolute atomic E-state index is 14.0. The van der Waals surface area contributed by atoms with E-state index in [2.05, 4.69) is 0 Å². The third kappa shape index (κ3) is 3.11. The molecule has 0 fully saturated rings. The summed E-state index contributed by atoms with van der Waals surface area (Å²) in [5, 5.41) is 0. The Morgan fingerprint density at radius 2 is 0.586 bits per heavy atom. The van der Waals surface area contributed by atoms with Crippen molar-refractivity contribution >= 4 is 11.6 Å². The van der Waals surface area contributed by atoms with E-state index in [1.807, 2.05) is 0 Å². The van der Waals surface area contributed by atoms with Crippen LogP contribution in [0, 0.1) is 58.2 Å². The summed E-state index contributed by atoms with van der Waals surface area (Å²) in [6, 6.07) is 0. The third-order valence-corrected chi connectivity index (χ3v) is 3.44. The van der Waals surface area contributed by atoms with Gasteiger partial charge in [-0.25, -0.2) is 43.9 Å². The quantitative estimate of drug-likeness (QED) is 0.226. The number of halogens is 12. The van der Waals surface area contributed by atoms with Gasteiger partial charge in [0.1, 0.15) is 11.1 Å². The van der Waals surface area contributed by atoms with Crippen molar-refractivity contribution in [2.45, 2.75) is 5.92 Å². The molecule has 2 rings (SSSR count). The molecule has 2 aromatic rings. The van der Waals surface area contributed by atoms with Crippen molar-refractivity contribution in [3.05, 3.63) is 69.3 Å². The number of ketones is 2. The van der Waals surface area contributed by atoms with Crippen molar-refractivity contribution in [1.82, 2.24) is 0 Å². The maximum Gasteiger partial charge on any atom is 0.371 e. The summed E-state index contributed by atoms with van der Waals surface area (Å²) in [5.41, 5.74) is -5.74. The van der Waals surface area contributed by atoms with Gasteiger partial charge in [-0.15, -0.1) is 0 Å². The monoisotopic (exact) mass is 440 g/mol. The normalized spacial score (nSPS) is 11.7. The second kappa shape index (κ2) is 7.08. The van der Waals surface area contributed by atoms with Crippen molar-refractivity contribution in [2.75, 3.05) is 0 Å². The minimum atomic E-state index is -6.00. The van der Waals surface area contributed by atoms with E-state index < -0.39 is 86.8 Å². The van der Waals surface area contributed by atoms with E-state index in [9.17, 15) is 62.3 Å². The van der Waals surface area contributed by atoms with Gasteiger partial charge in [0.25, 0.3) is 0 Å². The first-order valence-corrected chi connectivity index (χ1v) is 6.68. The van der Waals surface area contributed by atoms with Crippen LogP contribution in [0.4, 0.5) is 52.7 Å². The molecule has 156 valence electrons. The lowest BCUT2D eigenvalue weighted by Gasteiger charge is -2.16. The molecule has 0 N–H and O–H groups in total. The molecule has 2 aromatic carbocycles. The summed E-state index contributed by atoms with van der Waals surface area (Å²) in [6.45, 7) is 0. The summed E-state index contributed by atoms with van der Waals surface area (Å²) < 4.78 is 160. The first kappa shape index (κ1) is 22.2. The summed E-state index contributed by atoms with van der Waals surface area (Å²) in [5.74, 6) is -42.8. The minimum Gasteiger partial charge on any atom is -0.287 e. The summed E-state index contributed by atoms with van der Waals surface area (Å²) in [6.07, 6.45) is 0. The van der Waals surface area contributed by atoms with Crippen LogP contribution in [0.1, 0.15) is 20.7 Å². The van der Waals surface area contributed by atoms with Gasteiger partial charge in [-0.2, -0.15) is 8.78 Å². The van der Waals surface area contributed by atoms with E-state index in [1.54, 1.807) is 0 Å². The summed E-state index contributed by atoms with van der Waals surface area (Å²) in [7, 11) is 0. The number of carbonyl (C=O) groups is 2.